The molecule has 14 heavy (non-hydrogen) atoms. The molecular weight excluding hydrogens is 219 g/mol. The Kier molecular flexibility index (Phi) is 4.56. The molecule has 0 heterocycles. The zero-order valence-corrected chi connectivity index (χ0v) is 9.85. The molecule has 0 spiro atoms. The van der Waals surface area contributed by atoms with E-state index in [1.807, 2.05) is 24.3 Å². The summed E-state index contributed by atoms with van der Waals surface area (Å²) in [7, 11) is 0. The summed E-state index contributed by atoms with van der Waals surface area (Å²) in [6.45, 7) is 4.88. The molecule has 1 rings (SSSR count). The van der Waals surface area contributed by atoms with E-state index in [2.05, 4.69) is 13.8 Å². The summed E-state index contributed by atoms with van der Waals surface area (Å²) in [6, 6.07) is 7.57. The van der Waals surface area contributed by atoms with E-state index in [9.17, 15) is 0 Å². The van der Waals surface area contributed by atoms with Gasteiger partial charge in [0.1, 0.15) is 10.6 Å². The molecule has 0 bridgehead atoms. The van der Waals surface area contributed by atoms with Crippen LogP contribution < -0.4 is 4.74 Å². The summed E-state index contributed by atoms with van der Waals surface area (Å²) < 4.78 is 5.59. The molecule has 1 aromatic carbocycles. The van der Waals surface area contributed by atoms with Crippen LogP contribution in [0.25, 0.3) is 0 Å². The van der Waals surface area contributed by atoms with Gasteiger partial charge in [0.25, 0.3) is 0 Å². The molecule has 0 saturated carbocycles. The van der Waals surface area contributed by atoms with E-state index < -0.39 is 4.84 Å². The summed E-state index contributed by atoms with van der Waals surface area (Å²) in [4.78, 5) is -0.529. The number of hydrogen-bond donors (Lipinski definition) is 0. The zero-order valence-electron chi connectivity index (χ0n) is 8.34. The maximum absolute atomic E-state index is 5.81. The van der Waals surface area contributed by atoms with E-state index in [0.717, 1.165) is 11.3 Å². The van der Waals surface area contributed by atoms with E-state index in [4.69, 9.17) is 27.9 Å². The zero-order chi connectivity index (χ0) is 10.6. The second kappa shape index (κ2) is 5.47. The van der Waals surface area contributed by atoms with Crippen molar-refractivity contribution in [3.63, 3.8) is 0 Å². The van der Waals surface area contributed by atoms with Gasteiger partial charge in [-0.25, -0.2) is 0 Å². The molecule has 0 unspecified atom stereocenters. The molecule has 0 N–H and O–H groups in total. The van der Waals surface area contributed by atoms with Crippen LogP contribution in [0.5, 0.6) is 5.75 Å². The molecule has 0 radical (unpaired) electrons. The normalized spacial score (nSPS) is 11.0. The lowest BCUT2D eigenvalue weighted by atomic mass is 10.2. The number of para-hydroxylation sites is 1. The number of alkyl halides is 2. The van der Waals surface area contributed by atoms with Crippen LogP contribution in [0.2, 0.25) is 0 Å². The van der Waals surface area contributed by atoms with Crippen molar-refractivity contribution in [3.05, 3.63) is 29.8 Å². The molecule has 0 amide bonds. The second-order valence-electron chi connectivity index (χ2n) is 3.54. The molecule has 0 aliphatic heterocycles. The topological polar surface area (TPSA) is 9.23 Å². The molecule has 0 aliphatic carbocycles. The molecule has 1 nitrogen and oxygen atoms in total. The van der Waals surface area contributed by atoms with E-state index in [0.29, 0.717) is 12.5 Å². The molecule has 0 fully saturated rings. The van der Waals surface area contributed by atoms with Gasteiger partial charge in [-0.05, 0) is 12.0 Å². The predicted octanol–water partition coefficient (Wildman–Crippen LogP) is 4.20. The smallest absolute Gasteiger partial charge is 0.136 e. The average molecular weight is 233 g/mol. The molecule has 0 aromatic heterocycles. The van der Waals surface area contributed by atoms with Gasteiger partial charge in [-0.3, -0.25) is 0 Å². The first kappa shape index (κ1) is 11.7. The quantitative estimate of drug-likeness (QED) is 0.708. The number of halogens is 2. The van der Waals surface area contributed by atoms with Crippen LogP contribution in [0.15, 0.2) is 24.3 Å². The summed E-state index contributed by atoms with van der Waals surface area (Å²) in [5.74, 6) is 1.27. The maximum atomic E-state index is 5.81. The Hall–Kier alpha value is -0.400. The first-order chi connectivity index (χ1) is 6.61. The highest BCUT2D eigenvalue weighted by molar-refractivity contribution is 6.44. The highest BCUT2D eigenvalue weighted by Crippen LogP contribution is 2.32. The summed E-state index contributed by atoms with van der Waals surface area (Å²) in [5, 5.41) is 0. The van der Waals surface area contributed by atoms with E-state index >= 15 is 0 Å². The van der Waals surface area contributed by atoms with Crippen LogP contribution >= 0.6 is 23.2 Å². The van der Waals surface area contributed by atoms with Crippen LogP contribution in [0.4, 0.5) is 0 Å². The van der Waals surface area contributed by atoms with Crippen molar-refractivity contribution >= 4 is 23.2 Å². The fraction of sp³-hybridized carbons (Fsp3) is 0.455. The lowest BCUT2D eigenvalue weighted by Crippen LogP contribution is -2.06. The van der Waals surface area contributed by atoms with Gasteiger partial charge < -0.3 is 4.74 Å². The minimum Gasteiger partial charge on any atom is -0.493 e. The molecular formula is C11H14Cl2O. The van der Waals surface area contributed by atoms with Crippen LogP contribution in [0.1, 0.15) is 24.2 Å². The van der Waals surface area contributed by atoms with Crippen molar-refractivity contribution in [2.24, 2.45) is 5.92 Å². The van der Waals surface area contributed by atoms with E-state index in [1.54, 1.807) is 0 Å². The Bertz CT molecular complexity index is 284. The van der Waals surface area contributed by atoms with Crippen molar-refractivity contribution in [1.82, 2.24) is 0 Å². The minimum absolute atomic E-state index is 0.493. The Morgan fingerprint density at radius 3 is 2.43 bits per heavy atom. The van der Waals surface area contributed by atoms with Crippen molar-refractivity contribution < 1.29 is 4.74 Å². The van der Waals surface area contributed by atoms with Gasteiger partial charge in [0.05, 0.1) is 6.61 Å². The van der Waals surface area contributed by atoms with Crippen molar-refractivity contribution in [1.29, 1.82) is 0 Å². The lowest BCUT2D eigenvalue weighted by molar-refractivity contribution is 0.269. The van der Waals surface area contributed by atoms with Gasteiger partial charge in [-0.1, -0.05) is 55.2 Å². The Morgan fingerprint density at radius 2 is 1.86 bits per heavy atom. The van der Waals surface area contributed by atoms with E-state index in [-0.39, 0.29) is 0 Å². The van der Waals surface area contributed by atoms with Gasteiger partial charge in [0, 0.05) is 5.56 Å². The number of benzene rings is 1. The average Bonchev–Trinajstić information content (AvgIpc) is 2.15. The summed E-state index contributed by atoms with van der Waals surface area (Å²) in [6.07, 6.45) is 0. The highest BCUT2D eigenvalue weighted by atomic mass is 35.5. The van der Waals surface area contributed by atoms with Gasteiger partial charge in [-0.2, -0.15) is 0 Å². The predicted molar refractivity (Wildman–Crippen MR) is 61.2 cm³/mol. The minimum atomic E-state index is -0.529. The standard InChI is InChI=1S/C11H14Cl2O/c1-8(2)7-14-10-6-4-3-5-9(10)11(12)13/h3-6,8,11H,7H2,1-2H3. The summed E-state index contributed by atoms with van der Waals surface area (Å²) >= 11 is 11.6. The van der Waals surface area contributed by atoms with Crippen LogP contribution in [0.3, 0.4) is 0 Å². The third-order valence-electron chi connectivity index (χ3n) is 1.73. The number of rotatable bonds is 4. The Balaban J connectivity index is 2.74. The summed E-state index contributed by atoms with van der Waals surface area (Å²) in [5.41, 5.74) is 0.830. The van der Waals surface area contributed by atoms with Crippen LogP contribution in [-0.4, -0.2) is 6.61 Å². The van der Waals surface area contributed by atoms with Crippen molar-refractivity contribution in [3.8, 4) is 5.75 Å². The highest BCUT2D eigenvalue weighted by Gasteiger charge is 2.10. The third kappa shape index (κ3) is 3.39. The third-order valence-corrected chi connectivity index (χ3v) is 2.20. The molecule has 1 aromatic rings. The SMILES string of the molecule is CC(C)COc1ccccc1C(Cl)Cl. The first-order valence-electron chi connectivity index (χ1n) is 4.61. The number of ether oxygens (including phenoxy) is 1. The molecule has 0 saturated heterocycles. The van der Waals surface area contributed by atoms with Crippen LogP contribution in [0, 0.1) is 5.92 Å². The van der Waals surface area contributed by atoms with E-state index in [1.165, 1.54) is 0 Å². The van der Waals surface area contributed by atoms with Gasteiger partial charge >= 0.3 is 0 Å². The van der Waals surface area contributed by atoms with Gasteiger partial charge in [-0.15, -0.1) is 0 Å². The van der Waals surface area contributed by atoms with Crippen molar-refractivity contribution in [2.75, 3.05) is 6.61 Å². The second-order valence-corrected chi connectivity index (χ2v) is 4.64. The van der Waals surface area contributed by atoms with Gasteiger partial charge in [0.2, 0.25) is 0 Å². The maximum Gasteiger partial charge on any atom is 0.136 e. The lowest BCUT2D eigenvalue weighted by Gasteiger charge is -2.13. The van der Waals surface area contributed by atoms with Gasteiger partial charge in [0.15, 0.2) is 0 Å². The molecule has 3 heteroatoms. The number of hydrogen-bond acceptors (Lipinski definition) is 1. The molecule has 0 atom stereocenters. The Morgan fingerprint density at radius 1 is 1.21 bits per heavy atom. The first-order valence-corrected chi connectivity index (χ1v) is 5.48. The monoisotopic (exact) mass is 232 g/mol. The Labute approximate surface area is 95.0 Å². The molecule has 0 aliphatic rings. The fourth-order valence-corrected chi connectivity index (χ4v) is 1.41. The van der Waals surface area contributed by atoms with Crippen LogP contribution in [-0.2, 0) is 0 Å². The van der Waals surface area contributed by atoms with Crippen molar-refractivity contribution in [2.45, 2.75) is 18.7 Å². The largest absolute Gasteiger partial charge is 0.493 e. The fourth-order valence-electron chi connectivity index (χ4n) is 1.05. The molecule has 78 valence electrons.